The standard InChI is InChI=1S/C16H18N4O2S/c1-11-16(12(2)22-19-11)10-21-14-5-3-13(4-6-14)7-17-8-15-9-18-20-23-15/h3-6,9,17H,7-8,10H2,1-2H3. The van der Waals surface area contributed by atoms with E-state index in [4.69, 9.17) is 9.26 Å². The molecule has 0 fully saturated rings. The topological polar surface area (TPSA) is 73.1 Å². The molecule has 3 aromatic rings. The molecule has 1 N–H and O–H groups in total. The SMILES string of the molecule is Cc1noc(C)c1COc1ccc(CNCc2cnns2)cc1. The van der Waals surface area contributed by atoms with E-state index in [9.17, 15) is 0 Å². The molecule has 0 saturated carbocycles. The number of nitrogens with zero attached hydrogens (tertiary/aromatic N) is 3. The van der Waals surface area contributed by atoms with Crippen LogP contribution in [0.3, 0.4) is 0 Å². The van der Waals surface area contributed by atoms with E-state index < -0.39 is 0 Å². The molecule has 6 nitrogen and oxygen atoms in total. The molecule has 2 aromatic heterocycles. The fourth-order valence-corrected chi connectivity index (χ4v) is 2.62. The second-order valence-electron chi connectivity index (χ2n) is 5.22. The molecule has 3 rings (SSSR count). The lowest BCUT2D eigenvalue weighted by atomic mass is 10.2. The van der Waals surface area contributed by atoms with Crippen LogP contribution in [-0.4, -0.2) is 14.7 Å². The molecule has 0 spiro atoms. The van der Waals surface area contributed by atoms with Gasteiger partial charge in [-0.1, -0.05) is 21.8 Å². The Labute approximate surface area is 138 Å². The van der Waals surface area contributed by atoms with Gasteiger partial charge >= 0.3 is 0 Å². The van der Waals surface area contributed by atoms with Gasteiger partial charge in [0, 0.05) is 13.1 Å². The number of hydrogen-bond acceptors (Lipinski definition) is 7. The number of rotatable bonds is 7. The highest BCUT2D eigenvalue weighted by Gasteiger charge is 2.09. The molecule has 0 aliphatic rings. The summed E-state index contributed by atoms with van der Waals surface area (Å²) in [6, 6.07) is 8.06. The summed E-state index contributed by atoms with van der Waals surface area (Å²) in [5.41, 5.74) is 3.09. The van der Waals surface area contributed by atoms with Gasteiger partial charge in [0.05, 0.1) is 22.3 Å². The lowest BCUT2D eigenvalue weighted by molar-refractivity contribution is 0.301. The van der Waals surface area contributed by atoms with Gasteiger partial charge in [0.1, 0.15) is 18.1 Å². The minimum absolute atomic E-state index is 0.469. The van der Waals surface area contributed by atoms with Gasteiger partial charge < -0.3 is 14.6 Å². The molecule has 1 aromatic carbocycles. The summed E-state index contributed by atoms with van der Waals surface area (Å²) >= 11 is 1.41. The van der Waals surface area contributed by atoms with E-state index in [2.05, 4.69) is 32.2 Å². The van der Waals surface area contributed by atoms with Crippen LogP contribution in [-0.2, 0) is 19.7 Å². The van der Waals surface area contributed by atoms with Crippen molar-refractivity contribution in [3.05, 3.63) is 57.9 Å². The zero-order valence-electron chi connectivity index (χ0n) is 13.1. The van der Waals surface area contributed by atoms with Gasteiger partial charge in [-0.25, -0.2) is 0 Å². The van der Waals surface area contributed by atoms with E-state index in [1.165, 1.54) is 17.1 Å². The van der Waals surface area contributed by atoms with Gasteiger partial charge in [0.2, 0.25) is 0 Å². The molecular weight excluding hydrogens is 312 g/mol. The van der Waals surface area contributed by atoms with Crippen LogP contribution in [0, 0.1) is 13.8 Å². The quantitative estimate of drug-likeness (QED) is 0.718. The maximum Gasteiger partial charge on any atom is 0.140 e. The van der Waals surface area contributed by atoms with E-state index in [1.54, 1.807) is 6.20 Å². The van der Waals surface area contributed by atoms with Crippen molar-refractivity contribution in [1.29, 1.82) is 0 Å². The summed E-state index contributed by atoms with van der Waals surface area (Å²) in [6.07, 6.45) is 1.78. The monoisotopic (exact) mass is 330 g/mol. The first kappa shape index (κ1) is 15.6. The van der Waals surface area contributed by atoms with E-state index in [-0.39, 0.29) is 0 Å². The zero-order chi connectivity index (χ0) is 16.1. The van der Waals surface area contributed by atoms with E-state index >= 15 is 0 Å². The lowest BCUT2D eigenvalue weighted by Gasteiger charge is -2.07. The highest BCUT2D eigenvalue weighted by Crippen LogP contribution is 2.18. The smallest absolute Gasteiger partial charge is 0.140 e. The van der Waals surface area contributed by atoms with Gasteiger partial charge in [0.25, 0.3) is 0 Å². The minimum atomic E-state index is 0.469. The molecular formula is C16H18N4O2S. The summed E-state index contributed by atoms with van der Waals surface area (Å²) in [7, 11) is 0. The van der Waals surface area contributed by atoms with Crippen molar-refractivity contribution in [3.8, 4) is 5.75 Å². The third-order valence-corrected chi connectivity index (χ3v) is 4.18. The summed E-state index contributed by atoms with van der Waals surface area (Å²) < 4.78 is 14.8. The van der Waals surface area contributed by atoms with E-state index in [0.29, 0.717) is 6.61 Å². The Morgan fingerprint density at radius 3 is 2.65 bits per heavy atom. The minimum Gasteiger partial charge on any atom is -0.489 e. The zero-order valence-corrected chi connectivity index (χ0v) is 13.9. The Kier molecular flexibility index (Phi) is 4.99. The Balaban J connectivity index is 1.49. The van der Waals surface area contributed by atoms with Crippen LogP contribution in [0.4, 0.5) is 0 Å². The second kappa shape index (κ2) is 7.34. The van der Waals surface area contributed by atoms with Crippen molar-refractivity contribution in [3.63, 3.8) is 0 Å². The first-order chi connectivity index (χ1) is 11.2. The molecule has 0 atom stereocenters. The van der Waals surface area contributed by atoms with Gasteiger partial charge in [-0.3, -0.25) is 0 Å². The highest BCUT2D eigenvalue weighted by molar-refractivity contribution is 7.05. The molecule has 0 saturated heterocycles. The van der Waals surface area contributed by atoms with Crippen LogP contribution in [0.5, 0.6) is 5.75 Å². The normalized spacial score (nSPS) is 10.9. The average Bonchev–Trinajstić information content (AvgIpc) is 3.18. The van der Waals surface area contributed by atoms with Crippen molar-refractivity contribution < 1.29 is 9.26 Å². The van der Waals surface area contributed by atoms with Crippen LogP contribution >= 0.6 is 11.5 Å². The van der Waals surface area contributed by atoms with Crippen molar-refractivity contribution in [2.75, 3.05) is 0 Å². The number of hydrogen-bond donors (Lipinski definition) is 1. The van der Waals surface area contributed by atoms with Crippen molar-refractivity contribution >= 4 is 11.5 Å². The number of aryl methyl sites for hydroxylation is 2. The molecule has 0 aliphatic carbocycles. The predicted octanol–water partition coefficient (Wildman–Crippen LogP) is 3.01. The molecule has 23 heavy (non-hydrogen) atoms. The summed E-state index contributed by atoms with van der Waals surface area (Å²) in [5.74, 6) is 1.64. The third kappa shape index (κ3) is 4.14. The maximum atomic E-state index is 5.80. The third-order valence-electron chi connectivity index (χ3n) is 3.52. The molecule has 0 aliphatic heterocycles. The van der Waals surface area contributed by atoms with Gasteiger partial charge in [-0.15, -0.1) is 5.10 Å². The molecule has 0 radical (unpaired) electrons. The number of benzene rings is 1. The van der Waals surface area contributed by atoms with Crippen LogP contribution < -0.4 is 10.1 Å². The van der Waals surface area contributed by atoms with Crippen LogP contribution in [0.2, 0.25) is 0 Å². The fourth-order valence-electron chi connectivity index (χ4n) is 2.16. The Bertz CT molecular complexity index is 719. The van der Waals surface area contributed by atoms with Gasteiger partial charge in [0.15, 0.2) is 0 Å². The molecule has 0 unspecified atom stereocenters. The second-order valence-corrected chi connectivity index (χ2v) is 6.09. The number of nitrogens with one attached hydrogen (secondary N) is 1. The summed E-state index contributed by atoms with van der Waals surface area (Å²) in [5, 5.41) is 11.1. The van der Waals surface area contributed by atoms with E-state index in [0.717, 1.165) is 40.7 Å². The molecule has 0 amide bonds. The summed E-state index contributed by atoms with van der Waals surface area (Å²) in [4.78, 5) is 1.13. The Morgan fingerprint density at radius 2 is 2.00 bits per heavy atom. The van der Waals surface area contributed by atoms with Gasteiger partial charge in [-0.2, -0.15) is 0 Å². The first-order valence-corrected chi connectivity index (χ1v) is 8.10. The van der Waals surface area contributed by atoms with Crippen LogP contribution in [0.1, 0.15) is 27.5 Å². The molecule has 120 valence electrons. The van der Waals surface area contributed by atoms with E-state index in [1.807, 2.05) is 26.0 Å². The average molecular weight is 330 g/mol. The Hall–Kier alpha value is -2.25. The first-order valence-electron chi connectivity index (χ1n) is 7.33. The summed E-state index contributed by atoms with van der Waals surface area (Å²) in [6.45, 7) is 5.86. The fraction of sp³-hybridized carbons (Fsp3) is 0.312. The van der Waals surface area contributed by atoms with Crippen molar-refractivity contribution in [1.82, 2.24) is 20.1 Å². The predicted molar refractivity (Wildman–Crippen MR) is 87.2 cm³/mol. The van der Waals surface area contributed by atoms with Gasteiger partial charge in [-0.05, 0) is 43.1 Å². The highest BCUT2D eigenvalue weighted by atomic mass is 32.1. The largest absolute Gasteiger partial charge is 0.489 e. The molecule has 0 bridgehead atoms. The molecule has 7 heteroatoms. The maximum absolute atomic E-state index is 5.80. The van der Waals surface area contributed by atoms with Crippen molar-refractivity contribution in [2.45, 2.75) is 33.5 Å². The lowest BCUT2D eigenvalue weighted by Crippen LogP contribution is -2.11. The van der Waals surface area contributed by atoms with Crippen LogP contribution in [0.15, 0.2) is 35.0 Å². The number of aromatic nitrogens is 3. The van der Waals surface area contributed by atoms with Crippen LogP contribution in [0.25, 0.3) is 0 Å². The Morgan fingerprint density at radius 1 is 1.17 bits per heavy atom. The van der Waals surface area contributed by atoms with Crippen molar-refractivity contribution in [2.24, 2.45) is 0 Å². The number of ether oxygens (including phenoxy) is 1. The molecule has 2 heterocycles.